The lowest BCUT2D eigenvalue weighted by Gasteiger charge is -2.58. The van der Waals surface area contributed by atoms with Crippen LogP contribution in [-0.4, -0.2) is 37.2 Å². The van der Waals surface area contributed by atoms with E-state index in [2.05, 4.69) is 59.4 Å². The minimum absolute atomic E-state index is 0.446. The van der Waals surface area contributed by atoms with Crippen LogP contribution in [0.25, 0.3) is 0 Å². The molecule has 0 aromatic heterocycles. The van der Waals surface area contributed by atoms with Gasteiger partial charge in [-0.25, -0.2) is 0 Å². The molecule has 0 heterocycles. The van der Waals surface area contributed by atoms with Gasteiger partial charge in [0.15, 0.2) is 0 Å². The lowest BCUT2D eigenvalue weighted by molar-refractivity contribution is -0.0649. The molecular formula is C35H63NO. The number of allylic oxidation sites excluding steroid dienone is 1. The molecule has 2 heteroatoms. The van der Waals surface area contributed by atoms with Crippen LogP contribution in [0.2, 0.25) is 0 Å². The summed E-state index contributed by atoms with van der Waals surface area (Å²) >= 11 is 0. The van der Waals surface area contributed by atoms with E-state index in [1.54, 1.807) is 5.57 Å². The van der Waals surface area contributed by atoms with Crippen molar-refractivity contribution >= 4 is 0 Å². The third-order valence-electron chi connectivity index (χ3n) is 12.1. The van der Waals surface area contributed by atoms with Crippen LogP contribution in [-0.2, 0) is 4.74 Å². The van der Waals surface area contributed by atoms with Crippen LogP contribution in [0.15, 0.2) is 11.6 Å². The Labute approximate surface area is 231 Å². The first kappa shape index (κ1) is 29.6. The monoisotopic (exact) mass is 513 g/mol. The highest BCUT2D eigenvalue weighted by Gasteiger charge is 2.59. The quantitative estimate of drug-likeness (QED) is 0.227. The zero-order valence-corrected chi connectivity index (χ0v) is 26.0. The Bertz CT molecular complexity index is 738. The summed E-state index contributed by atoms with van der Waals surface area (Å²) in [5, 5.41) is 0. The average Bonchev–Trinajstić information content (AvgIpc) is 3.21. The van der Waals surface area contributed by atoms with E-state index in [1.807, 2.05) is 0 Å². The Morgan fingerprint density at radius 1 is 0.919 bits per heavy atom. The van der Waals surface area contributed by atoms with Crippen molar-refractivity contribution in [2.24, 2.45) is 46.3 Å². The topological polar surface area (TPSA) is 12.5 Å². The van der Waals surface area contributed by atoms with E-state index in [0.29, 0.717) is 16.9 Å². The highest BCUT2D eigenvalue weighted by Crippen LogP contribution is 2.67. The summed E-state index contributed by atoms with van der Waals surface area (Å²) in [6.45, 7) is 21.8. The number of nitrogens with zero attached hydrogens (tertiary/aromatic N) is 1. The van der Waals surface area contributed by atoms with Gasteiger partial charge in [0.05, 0.1) is 12.7 Å². The minimum Gasteiger partial charge on any atom is -0.377 e. The van der Waals surface area contributed by atoms with Crippen LogP contribution >= 0.6 is 0 Å². The van der Waals surface area contributed by atoms with Crippen LogP contribution in [0.5, 0.6) is 0 Å². The molecular weight excluding hydrogens is 450 g/mol. The number of ether oxygens (including phenoxy) is 1. The van der Waals surface area contributed by atoms with Gasteiger partial charge in [0.2, 0.25) is 0 Å². The fourth-order valence-corrected chi connectivity index (χ4v) is 10.1. The van der Waals surface area contributed by atoms with Crippen molar-refractivity contribution in [1.82, 2.24) is 4.90 Å². The molecule has 0 spiro atoms. The van der Waals surface area contributed by atoms with Crippen molar-refractivity contribution in [1.29, 1.82) is 0 Å². The fraction of sp³-hybridized carbons (Fsp3) is 0.943. The number of fused-ring (bicyclic) bond motifs is 5. The van der Waals surface area contributed by atoms with Crippen LogP contribution in [0.4, 0.5) is 0 Å². The average molecular weight is 514 g/mol. The number of hydrogen-bond acceptors (Lipinski definition) is 2. The van der Waals surface area contributed by atoms with Crippen molar-refractivity contribution in [3.05, 3.63) is 11.6 Å². The Morgan fingerprint density at radius 2 is 1.68 bits per heavy atom. The zero-order valence-electron chi connectivity index (χ0n) is 26.0. The first-order valence-corrected chi connectivity index (χ1v) is 16.8. The van der Waals surface area contributed by atoms with Gasteiger partial charge in [0.1, 0.15) is 0 Å². The van der Waals surface area contributed by atoms with E-state index in [-0.39, 0.29) is 0 Å². The van der Waals surface area contributed by atoms with E-state index in [9.17, 15) is 0 Å². The van der Waals surface area contributed by atoms with Crippen LogP contribution in [0.3, 0.4) is 0 Å². The van der Waals surface area contributed by atoms with Gasteiger partial charge in [-0.05, 0) is 124 Å². The fourth-order valence-electron chi connectivity index (χ4n) is 10.1. The Balaban J connectivity index is 1.35. The Hall–Kier alpha value is -0.340. The molecule has 0 saturated heterocycles. The second-order valence-electron chi connectivity index (χ2n) is 14.9. The number of rotatable bonds is 13. The molecule has 37 heavy (non-hydrogen) atoms. The standard InChI is InChI=1S/C35H63NO/c1-8-21-36(22-9-2)23-24-37-29-17-19-34(6)28(25-29)13-14-30-32-16-15-31(27(5)12-10-11-26(3)4)35(32,7)20-18-33(30)34/h13,26-27,29-33H,8-12,14-25H2,1-7H3/t27-,29+,30+,31-,32+,33+,34+,35-/m1/s1. The van der Waals surface area contributed by atoms with Crippen LogP contribution in [0, 0.1) is 46.3 Å². The molecule has 0 aromatic rings. The second kappa shape index (κ2) is 12.9. The van der Waals surface area contributed by atoms with Crippen LogP contribution < -0.4 is 0 Å². The molecule has 2 nitrogen and oxygen atoms in total. The molecule has 214 valence electrons. The van der Waals surface area contributed by atoms with Crippen molar-refractivity contribution in [3.63, 3.8) is 0 Å². The molecule has 0 N–H and O–H groups in total. The van der Waals surface area contributed by atoms with Crippen molar-refractivity contribution in [2.45, 2.75) is 138 Å². The van der Waals surface area contributed by atoms with E-state index in [0.717, 1.165) is 48.7 Å². The summed E-state index contributed by atoms with van der Waals surface area (Å²) in [6, 6.07) is 0. The third-order valence-corrected chi connectivity index (χ3v) is 12.1. The van der Waals surface area contributed by atoms with Crippen molar-refractivity contribution in [3.8, 4) is 0 Å². The highest BCUT2D eigenvalue weighted by molar-refractivity contribution is 5.25. The van der Waals surface area contributed by atoms with Gasteiger partial charge in [-0.1, -0.05) is 79.4 Å². The zero-order chi connectivity index (χ0) is 26.6. The lowest BCUT2D eigenvalue weighted by atomic mass is 9.47. The van der Waals surface area contributed by atoms with E-state index in [4.69, 9.17) is 4.74 Å². The van der Waals surface area contributed by atoms with Gasteiger partial charge in [-0.2, -0.15) is 0 Å². The predicted molar refractivity (Wildman–Crippen MR) is 160 cm³/mol. The van der Waals surface area contributed by atoms with Gasteiger partial charge in [-0.15, -0.1) is 0 Å². The molecule has 4 rings (SSSR count). The van der Waals surface area contributed by atoms with Gasteiger partial charge < -0.3 is 9.64 Å². The molecule has 0 aliphatic heterocycles. The highest BCUT2D eigenvalue weighted by atomic mass is 16.5. The SMILES string of the molecule is CCCN(CCC)CCO[C@H]1CC[C@@]2(C)C(=CC[C@H]3[C@@H]4CC[C@H]([C@H](C)CCCC(C)C)[C@@]4(C)CC[C@@H]32)C1. The molecule has 0 bridgehead atoms. The van der Waals surface area contributed by atoms with Crippen LogP contribution in [0.1, 0.15) is 132 Å². The molecule has 0 unspecified atom stereocenters. The largest absolute Gasteiger partial charge is 0.377 e. The molecule has 3 fully saturated rings. The third kappa shape index (κ3) is 6.37. The molecule has 0 amide bonds. The summed E-state index contributed by atoms with van der Waals surface area (Å²) in [5.74, 6) is 5.56. The van der Waals surface area contributed by atoms with Gasteiger partial charge >= 0.3 is 0 Å². The van der Waals surface area contributed by atoms with Crippen molar-refractivity contribution < 1.29 is 4.74 Å². The first-order valence-electron chi connectivity index (χ1n) is 16.8. The summed E-state index contributed by atoms with van der Waals surface area (Å²) in [7, 11) is 0. The molecule has 4 aliphatic rings. The summed E-state index contributed by atoms with van der Waals surface area (Å²) in [5.41, 5.74) is 2.83. The van der Waals surface area contributed by atoms with Gasteiger partial charge in [0.25, 0.3) is 0 Å². The summed E-state index contributed by atoms with van der Waals surface area (Å²) < 4.78 is 6.53. The molecule has 0 radical (unpaired) electrons. The Kier molecular flexibility index (Phi) is 10.3. The molecule has 8 atom stereocenters. The van der Waals surface area contributed by atoms with E-state index in [1.165, 1.54) is 96.6 Å². The van der Waals surface area contributed by atoms with Gasteiger partial charge in [0, 0.05) is 6.54 Å². The van der Waals surface area contributed by atoms with Gasteiger partial charge in [-0.3, -0.25) is 0 Å². The molecule has 0 aromatic carbocycles. The summed E-state index contributed by atoms with van der Waals surface area (Å²) in [6.07, 6.45) is 21.2. The summed E-state index contributed by atoms with van der Waals surface area (Å²) in [4.78, 5) is 2.59. The number of hydrogen-bond donors (Lipinski definition) is 0. The first-order chi connectivity index (χ1) is 17.7. The normalized spacial score (nSPS) is 38.3. The Morgan fingerprint density at radius 3 is 2.38 bits per heavy atom. The molecule has 4 aliphatic carbocycles. The second-order valence-corrected chi connectivity index (χ2v) is 14.9. The minimum atomic E-state index is 0.446. The maximum absolute atomic E-state index is 6.53. The van der Waals surface area contributed by atoms with E-state index < -0.39 is 0 Å². The lowest BCUT2D eigenvalue weighted by Crippen LogP contribution is -2.51. The predicted octanol–water partition coefficient (Wildman–Crippen LogP) is 9.54. The molecule has 3 saturated carbocycles. The van der Waals surface area contributed by atoms with E-state index >= 15 is 0 Å². The maximum atomic E-state index is 6.53. The smallest absolute Gasteiger partial charge is 0.0613 e. The van der Waals surface area contributed by atoms with Crippen molar-refractivity contribution in [2.75, 3.05) is 26.2 Å². The maximum Gasteiger partial charge on any atom is 0.0613 e.